The van der Waals surface area contributed by atoms with E-state index >= 15 is 0 Å². The number of anilines is 1. The number of aryl methyl sites for hydroxylation is 1. The second-order valence-corrected chi connectivity index (χ2v) is 8.07. The fraction of sp³-hybridized carbons (Fsp3) is 0.360. The van der Waals surface area contributed by atoms with Gasteiger partial charge in [0.2, 0.25) is 0 Å². The molecule has 0 radical (unpaired) electrons. The van der Waals surface area contributed by atoms with Crippen molar-refractivity contribution in [3.63, 3.8) is 0 Å². The summed E-state index contributed by atoms with van der Waals surface area (Å²) in [6.45, 7) is 6.17. The topological polar surface area (TPSA) is 59.5 Å². The molecule has 1 aliphatic heterocycles. The molecule has 0 spiro atoms. The van der Waals surface area contributed by atoms with Gasteiger partial charge in [0, 0.05) is 30.6 Å². The lowest BCUT2D eigenvalue weighted by molar-refractivity contribution is 0.356. The highest BCUT2D eigenvalue weighted by Gasteiger charge is 2.15. The third-order valence-corrected chi connectivity index (χ3v) is 5.86. The molecule has 4 rings (SSSR count). The molecule has 0 amide bonds. The molecule has 1 aromatic heterocycles. The van der Waals surface area contributed by atoms with Crippen molar-refractivity contribution in [1.82, 2.24) is 14.9 Å². The van der Waals surface area contributed by atoms with Gasteiger partial charge in [0.05, 0.1) is 19.7 Å². The Morgan fingerprint density at radius 2 is 1.74 bits per heavy atom. The van der Waals surface area contributed by atoms with Gasteiger partial charge in [-0.05, 0) is 50.1 Å². The summed E-state index contributed by atoms with van der Waals surface area (Å²) in [7, 11) is 5.42. The van der Waals surface area contributed by atoms with E-state index in [1.807, 2.05) is 19.1 Å². The molecule has 6 heteroatoms. The standard InChI is InChI=1S/C25H30N4O2/c1-16(18-6-8-19(9-7-18)20-10-12-29(3)13-11-20)26-25-21-14-23(30-4)24(31-5)15-22(21)27-17(2)28-25/h6-10,14-16H,11-13H2,1-5H3,(H,26,27,28)/t16-/m1/s1. The van der Waals surface area contributed by atoms with Crippen LogP contribution in [0.1, 0.15) is 36.3 Å². The fourth-order valence-corrected chi connectivity index (χ4v) is 3.99. The van der Waals surface area contributed by atoms with Gasteiger partial charge in [0.15, 0.2) is 11.5 Å². The molecule has 1 atom stereocenters. The van der Waals surface area contributed by atoms with Crippen molar-refractivity contribution in [2.24, 2.45) is 0 Å². The maximum Gasteiger partial charge on any atom is 0.162 e. The predicted molar refractivity (Wildman–Crippen MR) is 126 cm³/mol. The van der Waals surface area contributed by atoms with E-state index in [2.05, 4.69) is 64.5 Å². The molecule has 6 nitrogen and oxygen atoms in total. The summed E-state index contributed by atoms with van der Waals surface area (Å²) in [6.07, 6.45) is 3.43. The van der Waals surface area contributed by atoms with Crippen LogP contribution in [0.4, 0.5) is 5.82 Å². The van der Waals surface area contributed by atoms with Gasteiger partial charge in [-0.15, -0.1) is 0 Å². The normalized spacial score (nSPS) is 15.5. The van der Waals surface area contributed by atoms with Crippen LogP contribution in [0.25, 0.3) is 16.5 Å². The van der Waals surface area contributed by atoms with Gasteiger partial charge in [-0.25, -0.2) is 9.97 Å². The van der Waals surface area contributed by atoms with Gasteiger partial charge in [-0.2, -0.15) is 0 Å². The molecular formula is C25H30N4O2. The van der Waals surface area contributed by atoms with Crippen molar-refractivity contribution < 1.29 is 9.47 Å². The number of fused-ring (bicyclic) bond motifs is 1. The second-order valence-electron chi connectivity index (χ2n) is 8.07. The number of nitrogens with one attached hydrogen (secondary N) is 1. The summed E-state index contributed by atoms with van der Waals surface area (Å²) in [5.74, 6) is 2.82. The summed E-state index contributed by atoms with van der Waals surface area (Å²) in [5, 5.41) is 4.47. The number of rotatable bonds is 6. The highest BCUT2D eigenvalue weighted by Crippen LogP contribution is 2.35. The van der Waals surface area contributed by atoms with Crippen molar-refractivity contribution in [2.75, 3.05) is 39.7 Å². The van der Waals surface area contributed by atoms with Gasteiger partial charge in [-0.3, -0.25) is 0 Å². The molecule has 0 bridgehead atoms. The molecule has 2 aromatic carbocycles. The van der Waals surface area contributed by atoms with Gasteiger partial charge >= 0.3 is 0 Å². The Balaban J connectivity index is 1.60. The zero-order valence-electron chi connectivity index (χ0n) is 18.9. The lowest BCUT2D eigenvalue weighted by atomic mass is 9.97. The van der Waals surface area contributed by atoms with Crippen molar-refractivity contribution in [1.29, 1.82) is 0 Å². The summed E-state index contributed by atoms with van der Waals surface area (Å²) in [5.41, 5.74) is 4.78. The minimum absolute atomic E-state index is 0.0890. The molecule has 1 N–H and O–H groups in total. The van der Waals surface area contributed by atoms with Crippen LogP contribution in [0.5, 0.6) is 11.5 Å². The van der Waals surface area contributed by atoms with Crippen molar-refractivity contribution in [3.8, 4) is 11.5 Å². The smallest absolute Gasteiger partial charge is 0.162 e. The van der Waals surface area contributed by atoms with Crippen molar-refractivity contribution in [3.05, 3.63) is 59.4 Å². The number of methoxy groups -OCH3 is 2. The molecule has 2 heterocycles. The first-order valence-corrected chi connectivity index (χ1v) is 10.6. The summed E-state index contributed by atoms with van der Waals surface area (Å²) >= 11 is 0. The Bertz CT molecular complexity index is 1110. The van der Waals surface area contributed by atoms with Crippen LogP contribution in [-0.2, 0) is 0 Å². The number of nitrogens with zero attached hydrogens (tertiary/aromatic N) is 3. The number of benzene rings is 2. The summed E-state index contributed by atoms with van der Waals surface area (Å²) < 4.78 is 10.9. The van der Waals surface area contributed by atoms with Crippen LogP contribution in [0.3, 0.4) is 0 Å². The second kappa shape index (κ2) is 8.94. The van der Waals surface area contributed by atoms with Gasteiger partial charge in [-0.1, -0.05) is 30.3 Å². The Kier molecular flexibility index (Phi) is 6.09. The Morgan fingerprint density at radius 1 is 1.03 bits per heavy atom. The molecule has 0 unspecified atom stereocenters. The first-order valence-electron chi connectivity index (χ1n) is 10.6. The SMILES string of the molecule is COc1cc2nc(C)nc(N[C@H](C)c3ccc(C4=CCN(C)CC4)cc3)c2cc1OC. The third kappa shape index (κ3) is 4.49. The summed E-state index contributed by atoms with van der Waals surface area (Å²) in [6, 6.07) is 12.8. The maximum atomic E-state index is 5.48. The molecular weight excluding hydrogens is 388 g/mol. The van der Waals surface area contributed by atoms with E-state index in [4.69, 9.17) is 9.47 Å². The van der Waals surface area contributed by atoms with E-state index in [0.717, 1.165) is 36.2 Å². The van der Waals surface area contributed by atoms with Crippen molar-refractivity contribution >= 4 is 22.3 Å². The Hall–Kier alpha value is -3.12. The number of hydrogen-bond acceptors (Lipinski definition) is 6. The molecule has 31 heavy (non-hydrogen) atoms. The van der Waals surface area contributed by atoms with Gasteiger partial charge < -0.3 is 19.7 Å². The van der Waals surface area contributed by atoms with E-state index in [1.165, 1.54) is 16.7 Å². The monoisotopic (exact) mass is 418 g/mol. The molecule has 0 saturated carbocycles. The van der Waals surface area contributed by atoms with Crippen LogP contribution in [0, 0.1) is 6.92 Å². The summed E-state index contributed by atoms with van der Waals surface area (Å²) in [4.78, 5) is 11.6. The zero-order chi connectivity index (χ0) is 22.0. The first kappa shape index (κ1) is 21.1. The molecule has 3 aromatic rings. The van der Waals surface area contributed by atoms with Crippen LogP contribution < -0.4 is 14.8 Å². The molecule has 0 aliphatic carbocycles. The van der Waals surface area contributed by atoms with Crippen molar-refractivity contribution in [2.45, 2.75) is 26.3 Å². The quantitative estimate of drug-likeness (QED) is 0.618. The lowest BCUT2D eigenvalue weighted by Crippen LogP contribution is -2.23. The van der Waals surface area contributed by atoms with Crippen LogP contribution in [0.15, 0.2) is 42.5 Å². The molecule has 0 fully saturated rings. The van der Waals surface area contributed by atoms with Crippen LogP contribution >= 0.6 is 0 Å². The predicted octanol–water partition coefficient (Wildman–Crippen LogP) is 4.85. The average molecular weight is 419 g/mol. The third-order valence-electron chi connectivity index (χ3n) is 5.86. The number of likely N-dealkylation sites (N-methyl/N-ethyl adjacent to an activating group) is 1. The Morgan fingerprint density at radius 3 is 2.39 bits per heavy atom. The largest absolute Gasteiger partial charge is 0.493 e. The van der Waals surface area contributed by atoms with E-state index < -0.39 is 0 Å². The van der Waals surface area contributed by atoms with E-state index in [0.29, 0.717) is 17.3 Å². The highest BCUT2D eigenvalue weighted by molar-refractivity contribution is 5.92. The minimum atomic E-state index is 0.0890. The van der Waals surface area contributed by atoms with Crippen LogP contribution in [0.2, 0.25) is 0 Å². The van der Waals surface area contributed by atoms with E-state index in [9.17, 15) is 0 Å². The lowest BCUT2D eigenvalue weighted by Gasteiger charge is -2.22. The molecule has 0 saturated heterocycles. The fourth-order valence-electron chi connectivity index (χ4n) is 3.99. The van der Waals surface area contributed by atoms with Gasteiger partial charge in [0.1, 0.15) is 11.6 Å². The number of ether oxygens (including phenoxy) is 2. The maximum absolute atomic E-state index is 5.48. The van der Waals surface area contributed by atoms with E-state index in [1.54, 1.807) is 14.2 Å². The molecule has 162 valence electrons. The zero-order valence-corrected chi connectivity index (χ0v) is 18.9. The average Bonchev–Trinajstić information content (AvgIpc) is 2.78. The highest BCUT2D eigenvalue weighted by atomic mass is 16.5. The Labute approximate surface area is 183 Å². The van der Waals surface area contributed by atoms with Gasteiger partial charge in [0.25, 0.3) is 0 Å². The number of hydrogen-bond donors (Lipinski definition) is 1. The number of aromatic nitrogens is 2. The van der Waals surface area contributed by atoms with Crippen LogP contribution in [-0.4, -0.2) is 49.2 Å². The molecule has 1 aliphatic rings. The minimum Gasteiger partial charge on any atom is -0.493 e. The van der Waals surface area contributed by atoms with E-state index in [-0.39, 0.29) is 6.04 Å². The first-order chi connectivity index (χ1) is 15.0.